The second-order valence-electron chi connectivity index (χ2n) is 3.89. The van der Waals surface area contributed by atoms with Crippen LogP contribution in [-0.4, -0.2) is 49.8 Å². The van der Waals surface area contributed by atoms with Crippen LogP contribution in [0.1, 0.15) is 6.23 Å². The van der Waals surface area contributed by atoms with Gasteiger partial charge in [0.05, 0.1) is 6.61 Å². The summed E-state index contributed by atoms with van der Waals surface area (Å²) < 4.78 is 6.03. The summed E-state index contributed by atoms with van der Waals surface area (Å²) in [5, 5.41) is 28.2. The SMILES string of the molecule is Nc1cc(Cl)n([C@@H]2O[C@H](CO)[C@@H](O)[C@H]2O)c(=O)n1. The van der Waals surface area contributed by atoms with Gasteiger partial charge in [0.1, 0.15) is 29.3 Å². The van der Waals surface area contributed by atoms with E-state index in [4.69, 9.17) is 27.2 Å². The summed E-state index contributed by atoms with van der Waals surface area (Å²) in [4.78, 5) is 15.1. The largest absolute Gasteiger partial charge is 0.394 e. The molecule has 2 rings (SSSR count). The highest BCUT2D eigenvalue weighted by molar-refractivity contribution is 6.29. The molecule has 0 bridgehead atoms. The fourth-order valence-electron chi connectivity index (χ4n) is 1.80. The molecule has 8 nitrogen and oxygen atoms in total. The molecule has 2 heterocycles. The Hall–Kier alpha value is -1.19. The van der Waals surface area contributed by atoms with Gasteiger partial charge in [0.2, 0.25) is 0 Å². The summed E-state index contributed by atoms with van der Waals surface area (Å²) in [6.07, 6.45) is -4.93. The van der Waals surface area contributed by atoms with E-state index in [1.165, 1.54) is 6.07 Å². The number of nitrogen functional groups attached to an aromatic ring is 1. The van der Waals surface area contributed by atoms with Crippen LogP contribution in [0.25, 0.3) is 0 Å². The van der Waals surface area contributed by atoms with Gasteiger partial charge in [0.15, 0.2) is 6.23 Å². The van der Waals surface area contributed by atoms with E-state index in [2.05, 4.69) is 4.98 Å². The lowest BCUT2D eigenvalue weighted by atomic mass is 10.1. The molecule has 0 spiro atoms. The molecule has 0 amide bonds. The van der Waals surface area contributed by atoms with Gasteiger partial charge in [-0.15, -0.1) is 0 Å². The number of hydrogen-bond donors (Lipinski definition) is 4. The van der Waals surface area contributed by atoms with Crippen molar-refractivity contribution in [3.63, 3.8) is 0 Å². The first kappa shape index (κ1) is 13.2. The number of rotatable bonds is 2. The number of anilines is 1. The maximum atomic E-state index is 11.6. The van der Waals surface area contributed by atoms with E-state index in [-0.39, 0.29) is 11.0 Å². The first-order valence-electron chi connectivity index (χ1n) is 5.12. The van der Waals surface area contributed by atoms with Gasteiger partial charge in [-0.25, -0.2) is 4.79 Å². The van der Waals surface area contributed by atoms with Gasteiger partial charge in [0.25, 0.3) is 0 Å². The van der Waals surface area contributed by atoms with E-state index in [1.54, 1.807) is 0 Å². The van der Waals surface area contributed by atoms with Crippen LogP contribution in [0.3, 0.4) is 0 Å². The number of aromatic nitrogens is 2. The van der Waals surface area contributed by atoms with Crippen molar-refractivity contribution >= 4 is 17.4 Å². The number of aliphatic hydroxyl groups excluding tert-OH is 3. The van der Waals surface area contributed by atoms with Crippen LogP contribution >= 0.6 is 11.6 Å². The summed E-state index contributed by atoms with van der Waals surface area (Å²) in [6, 6.07) is 1.22. The van der Waals surface area contributed by atoms with E-state index < -0.39 is 36.8 Å². The Balaban J connectivity index is 2.42. The first-order valence-corrected chi connectivity index (χ1v) is 5.50. The number of aliphatic hydroxyl groups is 3. The first-order chi connectivity index (χ1) is 8.45. The van der Waals surface area contributed by atoms with Gasteiger partial charge in [-0.1, -0.05) is 11.6 Å². The van der Waals surface area contributed by atoms with Crippen LogP contribution < -0.4 is 11.4 Å². The molecule has 9 heteroatoms. The van der Waals surface area contributed by atoms with E-state index >= 15 is 0 Å². The minimum absolute atomic E-state index is 0.0620. The van der Waals surface area contributed by atoms with Crippen LogP contribution in [-0.2, 0) is 4.74 Å². The molecule has 1 aromatic rings. The molecule has 1 saturated heterocycles. The Morgan fingerprint density at radius 3 is 2.67 bits per heavy atom. The molecule has 0 aliphatic carbocycles. The smallest absolute Gasteiger partial charge is 0.352 e. The van der Waals surface area contributed by atoms with Gasteiger partial charge in [-0.2, -0.15) is 4.98 Å². The Labute approximate surface area is 106 Å². The van der Waals surface area contributed by atoms with Crippen LogP contribution in [0.4, 0.5) is 5.82 Å². The molecule has 1 fully saturated rings. The predicted octanol–water partition coefficient (Wildman–Crippen LogP) is -1.91. The molecule has 4 atom stereocenters. The molecule has 0 aromatic carbocycles. The summed E-state index contributed by atoms with van der Waals surface area (Å²) in [7, 11) is 0. The second-order valence-corrected chi connectivity index (χ2v) is 4.27. The minimum Gasteiger partial charge on any atom is -0.394 e. The normalized spacial score (nSPS) is 31.8. The Kier molecular flexibility index (Phi) is 3.55. The second kappa shape index (κ2) is 4.82. The fourth-order valence-corrected chi connectivity index (χ4v) is 2.08. The molecule has 1 aliphatic rings. The van der Waals surface area contributed by atoms with Crippen molar-refractivity contribution in [1.29, 1.82) is 0 Å². The van der Waals surface area contributed by atoms with E-state index in [0.717, 1.165) is 4.57 Å². The lowest BCUT2D eigenvalue weighted by molar-refractivity contribution is -0.0547. The molecule has 1 aliphatic heterocycles. The van der Waals surface area contributed by atoms with Crippen molar-refractivity contribution in [2.75, 3.05) is 12.3 Å². The fraction of sp³-hybridized carbons (Fsp3) is 0.556. The number of halogens is 1. The van der Waals surface area contributed by atoms with Crippen LogP contribution in [0.5, 0.6) is 0 Å². The van der Waals surface area contributed by atoms with Crippen LogP contribution in [0.15, 0.2) is 10.9 Å². The van der Waals surface area contributed by atoms with Crippen molar-refractivity contribution in [1.82, 2.24) is 9.55 Å². The number of nitrogens with two attached hydrogens (primary N) is 1. The van der Waals surface area contributed by atoms with E-state index in [0.29, 0.717) is 0 Å². The molecular weight excluding hydrogens is 266 g/mol. The minimum atomic E-state index is -1.40. The van der Waals surface area contributed by atoms with Gasteiger partial charge in [0, 0.05) is 6.07 Å². The average molecular weight is 278 g/mol. The summed E-state index contributed by atoms with van der Waals surface area (Å²) in [5.41, 5.74) is 4.53. The number of hydrogen-bond acceptors (Lipinski definition) is 7. The molecule has 1 aromatic heterocycles. The van der Waals surface area contributed by atoms with Crippen molar-refractivity contribution in [2.24, 2.45) is 0 Å². The van der Waals surface area contributed by atoms with E-state index in [1.807, 2.05) is 0 Å². The number of nitrogens with zero attached hydrogens (tertiary/aromatic N) is 2. The zero-order valence-corrected chi connectivity index (χ0v) is 9.86. The summed E-state index contributed by atoms with van der Waals surface area (Å²) in [5.74, 6) is -0.0620. The lowest BCUT2D eigenvalue weighted by Crippen LogP contribution is -2.36. The van der Waals surface area contributed by atoms with Crippen LogP contribution in [0.2, 0.25) is 5.15 Å². The third-order valence-electron chi connectivity index (χ3n) is 2.70. The van der Waals surface area contributed by atoms with Gasteiger partial charge in [-0.3, -0.25) is 4.57 Å². The van der Waals surface area contributed by atoms with Crippen molar-refractivity contribution in [3.8, 4) is 0 Å². The van der Waals surface area contributed by atoms with Crippen LogP contribution in [0, 0.1) is 0 Å². The third kappa shape index (κ3) is 2.08. The average Bonchev–Trinajstić information content (AvgIpc) is 2.56. The van der Waals surface area contributed by atoms with Gasteiger partial charge in [-0.05, 0) is 0 Å². The topological polar surface area (TPSA) is 131 Å². The van der Waals surface area contributed by atoms with Crippen molar-refractivity contribution in [2.45, 2.75) is 24.5 Å². The monoisotopic (exact) mass is 277 g/mol. The zero-order chi connectivity index (χ0) is 13.4. The van der Waals surface area contributed by atoms with Crippen molar-refractivity contribution in [3.05, 3.63) is 21.7 Å². The van der Waals surface area contributed by atoms with E-state index in [9.17, 15) is 15.0 Å². The van der Waals surface area contributed by atoms with Gasteiger partial charge >= 0.3 is 5.69 Å². The lowest BCUT2D eigenvalue weighted by Gasteiger charge is -2.18. The maximum absolute atomic E-state index is 11.6. The molecule has 0 radical (unpaired) electrons. The Morgan fingerprint density at radius 1 is 1.50 bits per heavy atom. The molecule has 100 valence electrons. The quantitative estimate of drug-likeness (QED) is 0.464. The standard InChI is InChI=1S/C9H12ClN3O5/c10-4-1-5(11)12-9(17)13(4)8-7(16)6(15)3(2-14)18-8/h1,3,6-8,14-16H,2H2,(H2,11,12,17)/t3-,6-,7-,8-/m1/s1. The zero-order valence-electron chi connectivity index (χ0n) is 9.10. The highest BCUT2D eigenvalue weighted by Crippen LogP contribution is 2.30. The maximum Gasteiger partial charge on any atom is 0.352 e. The third-order valence-corrected chi connectivity index (χ3v) is 2.99. The highest BCUT2D eigenvalue weighted by atomic mass is 35.5. The van der Waals surface area contributed by atoms with Gasteiger partial charge < -0.3 is 25.8 Å². The highest BCUT2D eigenvalue weighted by Gasteiger charge is 2.44. The summed E-state index contributed by atoms with van der Waals surface area (Å²) >= 11 is 5.83. The Bertz CT molecular complexity index is 507. The molecular formula is C9H12ClN3O5. The van der Waals surface area contributed by atoms with Crippen molar-refractivity contribution < 1.29 is 20.1 Å². The predicted molar refractivity (Wildman–Crippen MR) is 60.9 cm³/mol. The molecule has 5 N–H and O–H groups in total. The number of ether oxygens (including phenoxy) is 1. The molecule has 18 heavy (non-hydrogen) atoms. The molecule has 0 saturated carbocycles. The Morgan fingerprint density at radius 2 is 2.17 bits per heavy atom. The summed E-state index contributed by atoms with van der Waals surface area (Å²) in [6.45, 7) is -0.497. The molecule has 0 unspecified atom stereocenters.